The monoisotopic (exact) mass is 138 g/mol. The van der Waals surface area contributed by atoms with Gasteiger partial charge in [-0.25, -0.2) is 0 Å². The molecule has 0 aliphatic rings. The summed E-state index contributed by atoms with van der Waals surface area (Å²) in [6.07, 6.45) is 6.69. The lowest BCUT2D eigenvalue weighted by molar-refractivity contribution is 1.11. The van der Waals surface area contributed by atoms with Crippen LogP contribution in [0, 0.1) is 0 Å². The highest BCUT2D eigenvalue weighted by molar-refractivity contribution is 4.94. The maximum absolute atomic E-state index is 3.67. The van der Waals surface area contributed by atoms with Crippen molar-refractivity contribution in [2.45, 2.75) is 27.2 Å². The summed E-state index contributed by atoms with van der Waals surface area (Å²) in [6, 6.07) is 0. The fourth-order valence-electron chi connectivity index (χ4n) is 0.136. The summed E-state index contributed by atoms with van der Waals surface area (Å²) in [7, 11) is 0. The predicted octanol–water partition coefficient (Wildman–Crippen LogP) is 3.72. The maximum atomic E-state index is 3.67. The van der Waals surface area contributed by atoms with E-state index < -0.39 is 0 Å². The van der Waals surface area contributed by atoms with Crippen molar-refractivity contribution in [2.75, 3.05) is 0 Å². The highest BCUT2D eigenvalue weighted by Gasteiger charge is 1.67. The second-order valence-corrected chi connectivity index (χ2v) is 2.07. The molecule has 0 bridgehead atoms. The maximum Gasteiger partial charge on any atom is -0.0354 e. The lowest BCUT2D eigenvalue weighted by Crippen LogP contribution is -1.58. The van der Waals surface area contributed by atoms with Crippen molar-refractivity contribution in [3.8, 4) is 0 Å². The minimum absolute atomic E-state index is 1.11. The van der Waals surface area contributed by atoms with Crippen LogP contribution in [0.25, 0.3) is 0 Å². The Labute approximate surface area is 65.0 Å². The first-order chi connectivity index (χ1) is 4.68. The van der Waals surface area contributed by atoms with Crippen molar-refractivity contribution < 1.29 is 0 Å². The van der Waals surface area contributed by atoms with Crippen LogP contribution in [0.3, 0.4) is 0 Å². The molecule has 0 aliphatic heterocycles. The molecule has 0 heteroatoms. The van der Waals surface area contributed by atoms with Crippen LogP contribution in [0.4, 0.5) is 0 Å². The molecule has 0 nitrogen and oxygen atoms in total. The molecule has 0 amide bonds. The molecule has 58 valence electrons. The van der Waals surface area contributed by atoms with Crippen LogP contribution in [0.5, 0.6) is 0 Å². The summed E-state index contributed by atoms with van der Waals surface area (Å²) in [5.41, 5.74) is 1.25. The molecule has 0 aromatic carbocycles. The van der Waals surface area contributed by atoms with Gasteiger partial charge < -0.3 is 0 Å². The van der Waals surface area contributed by atoms with Crippen LogP contribution in [0.2, 0.25) is 0 Å². The first kappa shape index (κ1) is 12.0. The van der Waals surface area contributed by atoms with E-state index in [1.165, 1.54) is 5.57 Å². The van der Waals surface area contributed by atoms with Crippen molar-refractivity contribution >= 4 is 0 Å². The number of hydrogen-bond acceptors (Lipinski definition) is 0. The van der Waals surface area contributed by atoms with E-state index in [0.717, 1.165) is 6.42 Å². The number of allylic oxidation sites excluding steroid dienone is 4. The van der Waals surface area contributed by atoms with Crippen LogP contribution in [0.15, 0.2) is 37.0 Å². The second kappa shape index (κ2) is 11.1. The molecule has 0 saturated heterocycles. The highest BCUT2D eigenvalue weighted by atomic mass is 13.7. The summed E-state index contributed by atoms with van der Waals surface area (Å²) >= 11 is 0. The Hall–Kier alpha value is -0.780. The van der Waals surface area contributed by atoms with E-state index in [1.807, 2.05) is 26.0 Å². The number of hydrogen-bond donors (Lipinski definition) is 0. The summed E-state index contributed by atoms with van der Waals surface area (Å²) in [5.74, 6) is 0. The molecule has 10 heavy (non-hydrogen) atoms. The van der Waals surface area contributed by atoms with Crippen LogP contribution >= 0.6 is 0 Å². The molecule has 0 N–H and O–H groups in total. The summed E-state index contributed by atoms with van der Waals surface area (Å²) in [4.78, 5) is 0. The quantitative estimate of drug-likeness (QED) is 0.403. The van der Waals surface area contributed by atoms with Gasteiger partial charge in [0, 0.05) is 0 Å². The van der Waals surface area contributed by atoms with Gasteiger partial charge >= 0.3 is 0 Å². The van der Waals surface area contributed by atoms with E-state index in [9.17, 15) is 0 Å². The third kappa shape index (κ3) is 26.9. The molecule has 0 aromatic rings. The fraction of sp³-hybridized carbons (Fsp3) is 0.400. The molecule has 0 aromatic heterocycles. The lowest BCUT2D eigenvalue weighted by Gasteiger charge is -1.79. The van der Waals surface area contributed by atoms with E-state index in [-0.39, 0.29) is 0 Å². The van der Waals surface area contributed by atoms with E-state index in [2.05, 4.69) is 20.1 Å². The summed E-state index contributed by atoms with van der Waals surface area (Å²) < 4.78 is 0. The highest BCUT2D eigenvalue weighted by Crippen LogP contribution is 1.88. The Kier molecular flexibility index (Phi) is 13.2. The van der Waals surface area contributed by atoms with Gasteiger partial charge in [0.25, 0.3) is 0 Å². The molecule has 0 heterocycles. The van der Waals surface area contributed by atoms with E-state index in [0.29, 0.717) is 0 Å². The normalized spacial score (nSPS) is 8.30. The van der Waals surface area contributed by atoms with Crippen LogP contribution < -0.4 is 0 Å². The molecule has 0 spiro atoms. The third-order valence-corrected chi connectivity index (χ3v) is 0.932. The second-order valence-electron chi connectivity index (χ2n) is 2.07. The first-order valence-corrected chi connectivity index (χ1v) is 3.57. The molecule has 0 rings (SSSR count). The predicted molar refractivity (Wildman–Crippen MR) is 50.1 cm³/mol. The zero-order valence-corrected chi connectivity index (χ0v) is 7.35. The standard InChI is InChI=1S/C5H10.C5H8/c1-4-5(2)3;1-3-5-4-2/h2,4H2,1,3H3;3-5H,1H2,2H3. The van der Waals surface area contributed by atoms with Gasteiger partial charge in [-0.05, 0) is 20.3 Å². The van der Waals surface area contributed by atoms with E-state index in [4.69, 9.17) is 0 Å². The molecule has 0 saturated carbocycles. The molecular formula is C10H18. The van der Waals surface area contributed by atoms with Gasteiger partial charge in [0.15, 0.2) is 0 Å². The van der Waals surface area contributed by atoms with Gasteiger partial charge in [-0.2, -0.15) is 0 Å². The zero-order valence-electron chi connectivity index (χ0n) is 7.35. The smallest absolute Gasteiger partial charge is 0.0354 e. The van der Waals surface area contributed by atoms with Crippen LogP contribution in [-0.2, 0) is 0 Å². The van der Waals surface area contributed by atoms with Gasteiger partial charge in [0.1, 0.15) is 0 Å². The van der Waals surface area contributed by atoms with Gasteiger partial charge in [-0.3, -0.25) is 0 Å². The van der Waals surface area contributed by atoms with Crippen molar-refractivity contribution in [1.29, 1.82) is 0 Å². The van der Waals surface area contributed by atoms with Gasteiger partial charge in [0.2, 0.25) is 0 Å². The molecule has 0 radical (unpaired) electrons. The zero-order chi connectivity index (χ0) is 8.41. The van der Waals surface area contributed by atoms with Crippen molar-refractivity contribution in [3.63, 3.8) is 0 Å². The van der Waals surface area contributed by atoms with Gasteiger partial charge in [-0.1, -0.05) is 37.3 Å². The van der Waals surface area contributed by atoms with Crippen molar-refractivity contribution in [3.05, 3.63) is 37.0 Å². The Morgan fingerprint density at radius 1 is 1.50 bits per heavy atom. The fourth-order valence-corrected chi connectivity index (χ4v) is 0.136. The molecule has 0 fully saturated rings. The minimum atomic E-state index is 1.11. The molecular weight excluding hydrogens is 120 g/mol. The molecule has 0 aliphatic carbocycles. The van der Waals surface area contributed by atoms with Crippen LogP contribution in [0.1, 0.15) is 27.2 Å². The topological polar surface area (TPSA) is 0 Å². The molecule has 0 unspecified atom stereocenters. The Morgan fingerprint density at radius 3 is 1.90 bits per heavy atom. The first-order valence-electron chi connectivity index (χ1n) is 3.57. The Morgan fingerprint density at radius 2 is 1.90 bits per heavy atom. The van der Waals surface area contributed by atoms with Crippen molar-refractivity contribution in [2.24, 2.45) is 0 Å². The Balaban J connectivity index is 0. The lowest BCUT2D eigenvalue weighted by atomic mass is 10.3. The van der Waals surface area contributed by atoms with E-state index in [1.54, 1.807) is 6.08 Å². The number of rotatable bonds is 2. The largest absolute Gasteiger partial charge is 0.100 e. The van der Waals surface area contributed by atoms with E-state index >= 15 is 0 Å². The third-order valence-electron chi connectivity index (χ3n) is 0.932. The van der Waals surface area contributed by atoms with Crippen LogP contribution in [-0.4, -0.2) is 0 Å². The summed E-state index contributed by atoms with van der Waals surface area (Å²) in [6.45, 7) is 13.2. The van der Waals surface area contributed by atoms with Gasteiger partial charge in [-0.15, -0.1) is 6.58 Å². The minimum Gasteiger partial charge on any atom is -0.100 e. The SMILES string of the molecule is C=C(C)CC.C=CC=CC. The Bertz CT molecular complexity index is 107. The molecule has 0 atom stereocenters. The average Bonchev–Trinajstić information content (AvgIpc) is 1.91. The van der Waals surface area contributed by atoms with Gasteiger partial charge in [0.05, 0.1) is 0 Å². The average molecular weight is 138 g/mol. The summed E-state index contributed by atoms with van der Waals surface area (Å²) in [5, 5.41) is 0. The van der Waals surface area contributed by atoms with Crippen molar-refractivity contribution in [1.82, 2.24) is 0 Å².